The number of hydrogen-bond donors (Lipinski definition) is 1. The predicted octanol–water partition coefficient (Wildman–Crippen LogP) is 5.31. The number of ketones is 1. The van der Waals surface area contributed by atoms with Gasteiger partial charge < -0.3 is 10.2 Å². The molecule has 4 heterocycles. The van der Waals surface area contributed by atoms with Crippen molar-refractivity contribution in [2.75, 3.05) is 25.5 Å². The number of benzene rings is 1. The van der Waals surface area contributed by atoms with E-state index >= 15 is 0 Å². The lowest BCUT2D eigenvalue weighted by molar-refractivity contribution is 0.0699. The molecule has 1 amide bonds. The SMILES string of the molecule is CNc1sc2nc(C)c(C)cc2c1C(=O)N1CCC2(CC1)CC(=O)c1ccccc1S2. The lowest BCUT2D eigenvalue weighted by Crippen LogP contribution is -2.47. The largest absolute Gasteiger partial charge is 0.379 e. The Morgan fingerprint density at radius 2 is 1.94 bits per heavy atom. The van der Waals surface area contributed by atoms with Crippen molar-refractivity contribution in [2.45, 2.75) is 42.8 Å². The molecule has 0 unspecified atom stereocenters. The maximum Gasteiger partial charge on any atom is 0.257 e. The number of hydrogen-bond acceptors (Lipinski definition) is 6. The summed E-state index contributed by atoms with van der Waals surface area (Å²) in [6.45, 7) is 5.37. The number of carbonyl (C=O) groups excluding carboxylic acids is 2. The van der Waals surface area contributed by atoms with Gasteiger partial charge in [0.25, 0.3) is 5.91 Å². The molecule has 2 aliphatic heterocycles. The number of anilines is 1. The monoisotopic (exact) mass is 451 g/mol. The van der Waals surface area contributed by atoms with Crippen LogP contribution in [0.1, 0.15) is 51.2 Å². The molecule has 31 heavy (non-hydrogen) atoms. The van der Waals surface area contributed by atoms with Crippen LogP contribution in [0.2, 0.25) is 0 Å². The second kappa shape index (κ2) is 7.64. The summed E-state index contributed by atoms with van der Waals surface area (Å²) in [4.78, 5) is 34.9. The van der Waals surface area contributed by atoms with Gasteiger partial charge in [-0.15, -0.1) is 11.8 Å². The van der Waals surface area contributed by atoms with Crippen LogP contribution in [-0.2, 0) is 0 Å². The summed E-state index contributed by atoms with van der Waals surface area (Å²) in [5.74, 6) is 0.287. The van der Waals surface area contributed by atoms with Gasteiger partial charge in [-0.25, -0.2) is 4.98 Å². The molecule has 0 bridgehead atoms. The van der Waals surface area contributed by atoms with Crippen molar-refractivity contribution in [3.05, 3.63) is 52.7 Å². The van der Waals surface area contributed by atoms with Crippen molar-refractivity contribution in [1.29, 1.82) is 0 Å². The number of thiophene rings is 1. The Morgan fingerprint density at radius 3 is 2.68 bits per heavy atom. The lowest BCUT2D eigenvalue weighted by atomic mass is 9.87. The maximum atomic E-state index is 13.6. The summed E-state index contributed by atoms with van der Waals surface area (Å²) >= 11 is 3.36. The number of Topliss-reactive ketones (excluding diaryl/α,β-unsaturated/α-hetero) is 1. The Morgan fingerprint density at radius 1 is 1.19 bits per heavy atom. The van der Waals surface area contributed by atoms with Crippen molar-refractivity contribution in [3.63, 3.8) is 0 Å². The summed E-state index contributed by atoms with van der Waals surface area (Å²) < 4.78 is -0.0972. The van der Waals surface area contributed by atoms with Gasteiger partial charge in [0.2, 0.25) is 0 Å². The third-order valence-electron chi connectivity index (χ3n) is 6.53. The van der Waals surface area contributed by atoms with Crippen LogP contribution in [0, 0.1) is 13.8 Å². The summed E-state index contributed by atoms with van der Waals surface area (Å²) in [5.41, 5.74) is 3.66. The highest BCUT2D eigenvalue weighted by Crippen LogP contribution is 2.49. The Balaban J connectivity index is 1.40. The molecule has 5 nitrogen and oxygen atoms in total. The molecule has 0 aliphatic carbocycles. The molecular formula is C24H25N3O2S2. The van der Waals surface area contributed by atoms with E-state index in [2.05, 4.69) is 11.4 Å². The molecule has 1 fully saturated rings. The van der Waals surface area contributed by atoms with Gasteiger partial charge in [-0.1, -0.05) is 29.5 Å². The van der Waals surface area contributed by atoms with Crippen LogP contribution in [0.15, 0.2) is 35.2 Å². The number of carbonyl (C=O) groups is 2. The molecule has 7 heteroatoms. The van der Waals surface area contributed by atoms with Crippen molar-refractivity contribution in [3.8, 4) is 0 Å². The van der Waals surface area contributed by atoms with E-state index in [1.807, 2.05) is 61.8 Å². The minimum atomic E-state index is -0.0972. The van der Waals surface area contributed by atoms with Crippen LogP contribution in [0.3, 0.4) is 0 Å². The highest BCUT2D eigenvalue weighted by molar-refractivity contribution is 8.01. The number of fused-ring (bicyclic) bond motifs is 2. The smallest absolute Gasteiger partial charge is 0.257 e. The normalized spacial score (nSPS) is 17.8. The van der Waals surface area contributed by atoms with Crippen molar-refractivity contribution >= 4 is 50.0 Å². The average molecular weight is 452 g/mol. The average Bonchev–Trinajstić information content (AvgIpc) is 3.11. The Kier molecular flexibility index (Phi) is 5.06. The molecule has 1 spiro atoms. The van der Waals surface area contributed by atoms with Crippen molar-refractivity contribution in [2.24, 2.45) is 0 Å². The van der Waals surface area contributed by atoms with Gasteiger partial charge >= 0.3 is 0 Å². The summed E-state index contributed by atoms with van der Waals surface area (Å²) in [5, 5.41) is 5.00. The zero-order valence-corrected chi connectivity index (χ0v) is 19.6. The number of nitrogens with one attached hydrogen (secondary N) is 1. The van der Waals surface area contributed by atoms with Gasteiger partial charge in [-0.2, -0.15) is 0 Å². The van der Waals surface area contributed by atoms with Crippen LogP contribution >= 0.6 is 23.1 Å². The summed E-state index contributed by atoms with van der Waals surface area (Å²) in [7, 11) is 1.86. The first-order valence-electron chi connectivity index (χ1n) is 10.6. The number of pyridine rings is 1. The van der Waals surface area contributed by atoms with Crippen molar-refractivity contribution in [1.82, 2.24) is 9.88 Å². The number of nitrogens with zero attached hydrogens (tertiary/aromatic N) is 2. The summed E-state index contributed by atoms with van der Waals surface area (Å²) in [6, 6.07) is 9.98. The lowest BCUT2D eigenvalue weighted by Gasteiger charge is -2.43. The predicted molar refractivity (Wildman–Crippen MR) is 128 cm³/mol. The number of amides is 1. The first-order valence-corrected chi connectivity index (χ1v) is 12.2. The molecule has 2 aromatic heterocycles. The molecule has 160 valence electrons. The molecule has 0 saturated carbocycles. The molecular weight excluding hydrogens is 426 g/mol. The number of rotatable bonds is 2. The highest BCUT2D eigenvalue weighted by Gasteiger charge is 2.43. The molecule has 1 aromatic carbocycles. The van der Waals surface area contributed by atoms with E-state index in [1.54, 1.807) is 0 Å². The zero-order chi connectivity index (χ0) is 21.8. The third kappa shape index (κ3) is 3.44. The van der Waals surface area contributed by atoms with Crippen molar-refractivity contribution < 1.29 is 9.59 Å². The fraction of sp³-hybridized carbons (Fsp3) is 0.375. The van der Waals surface area contributed by atoms with E-state index in [1.165, 1.54) is 11.3 Å². The zero-order valence-electron chi connectivity index (χ0n) is 17.9. The second-order valence-electron chi connectivity index (χ2n) is 8.47. The van der Waals surface area contributed by atoms with Gasteiger partial charge in [0.05, 0.1) is 5.56 Å². The minimum Gasteiger partial charge on any atom is -0.379 e. The molecule has 0 atom stereocenters. The first-order chi connectivity index (χ1) is 14.9. The number of aromatic nitrogens is 1. The molecule has 2 aliphatic rings. The fourth-order valence-corrected chi connectivity index (χ4v) is 7.14. The molecule has 1 N–H and O–H groups in total. The van der Waals surface area contributed by atoms with Gasteiger partial charge in [-0.3, -0.25) is 9.59 Å². The Labute approximate surface area is 190 Å². The molecule has 1 saturated heterocycles. The van der Waals surface area contributed by atoms with Gasteiger partial charge in [0, 0.05) is 52.8 Å². The first kappa shape index (κ1) is 20.5. The number of thioether (sulfide) groups is 1. The highest BCUT2D eigenvalue weighted by atomic mass is 32.2. The fourth-order valence-electron chi connectivity index (χ4n) is 4.60. The van der Waals surface area contributed by atoms with E-state index in [0.717, 1.165) is 55.3 Å². The van der Waals surface area contributed by atoms with E-state index < -0.39 is 0 Å². The van der Waals surface area contributed by atoms with Crippen LogP contribution in [0.4, 0.5) is 5.00 Å². The third-order valence-corrected chi connectivity index (χ3v) is 9.20. The van der Waals surface area contributed by atoms with Gasteiger partial charge in [-0.05, 0) is 44.4 Å². The number of piperidine rings is 1. The van der Waals surface area contributed by atoms with E-state index in [9.17, 15) is 9.59 Å². The van der Waals surface area contributed by atoms with Gasteiger partial charge in [0.1, 0.15) is 9.83 Å². The van der Waals surface area contributed by atoms with Crippen LogP contribution < -0.4 is 5.32 Å². The Hall–Kier alpha value is -2.38. The van der Waals surface area contributed by atoms with Crippen LogP contribution in [0.5, 0.6) is 0 Å². The van der Waals surface area contributed by atoms with Crippen LogP contribution in [-0.4, -0.2) is 46.5 Å². The van der Waals surface area contributed by atoms with E-state index in [0.29, 0.717) is 19.5 Å². The topological polar surface area (TPSA) is 62.3 Å². The molecule has 0 radical (unpaired) electrons. The summed E-state index contributed by atoms with van der Waals surface area (Å²) in [6.07, 6.45) is 2.22. The molecule has 3 aromatic rings. The van der Waals surface area contributed by atoms with E-state index in [4.69, 9.17) is 4.98 Å². The molecule has 5 rings (SSSR count). The standard InChI is InChI=1S/C24H25N3O2S2/c1-14-12-17-20(22(25-3)30-21(17)26-15(14)2)23(29)27-10-8-24(9-11-27)13-18(28)16-6-4-5-7-19(16)31-24/h4-7,12,25H,8-11,13H2,1-3H3. The quantitative estimate of drug-likeness (QED) is 0.572. The maximum absolute atomic E-state index is 13.6. The Bertz CT molecular complexity index is 1210. The second-order valence-corrected chi connectivity index (χ2v) is 11.0. The van der Waals surface area contributed by atoms with Crippen LogP contribution in [0.25, 0.3) is 10.2 Å². The van der Waals surface area contributed by atoms with Gasteiger partial charge in [0.15, 0.2) is 5.78 Å². The minimum absolute atomic E-state index is 0.0584. The number of likely N-dealkylation sites (tertiary alicyclic amines) is 1. The van der Waals surface area contributed by atoms with E-state index in [-0.39, 0.29) is 16.4 Å². The number of aryl methyl sites for hydroxylation is 2.